The number of ketones is 1. The average Bonchev–Trinajstić information content (AvgIpc) is 2.93. The van der Waals surface area contributed by atoms with Crippen LogP contribution in [0, 0.1) is 11.8 Å². The van der Waals surface area contributed by atoms with Crippen molar-refractivity contribution in [3.05, 3.63) is 0 Å². The van der Waals surface area contributed by atoms with Gasteiger partial charge < -0.3 is 0 Å². The molecule has 0 saturated carbocycles. The van der Waals surface area contributed by atoms with E-state index < -0.39 is 11.5 Å². The van der Waals surface area contributed by atoms with Crippen molar-refractivity contribution in [2.45, 2.75) is 38.3 Å². The van der Waals surface area contributed by atoms with E-state index in [1.54, 1.807) is 0 Å². The molecule has 2 amide bonds. The van der Waals surface area contributed by atoms with E-state index in [-0.39, 0.29) is 29.6 Å². The molecule has 18 heavy (non-hydrogen) atoms. The minimum Gasteiger partial charge on any atom is -0.298 e. The summed E-state index contributed by atoms with van der Waals surface area (Å²) in [6, 6.07) is 0.0744. The Hall–Kier alpha value is -1.23. The third-order valence-electron chi connectivity index (χ3n) is 5.20. The lowest BCUT2D eigenvalue weighted by Gasteiger charge is -2.35. The number of rotatable bonds is 1. The Morgan fingerprint density at radius 2 is 2.00 bits per heavy atom. The van der Waals surface area contributed by atoms with Gasteiger partial charge in [0.1, 0.15) is 0 Å². The van der Waals surface area contributed by atoms with Gasteiger partial charge in [0.2, 0.25) is 11.8 Å². The van der Waals surface area contributed by atoms with Crippen LogP contribution in [-0.2, 0) is 14.4 Å². The summed E-state index contributed by atoms with van der Waals surface area (Å²) in [5, 5.41) is 0. The van der Waals surface area contributed by atoms with E-state index in [2.05, 4.69) is 4.90 Å². The van der Waals surface area contributed by atoms with Crippen LogP contribution in [0.2, 0.25) is 0 Å². The van der Waals surface area contributed by atoms with E-state index in [0.29, 0.717) is 0 Å². The van der Waals surface area contributed by atoms with Crippen molar-refractivity contribution < 1.29 is 14.4 Å². The highest BCUT2D eigenvalue weighted by molar-refractivity contribution is 6.09. The maximum absolute atomic E-state index is 12.3. The van der Waals surface area contributed by atoms with E-state index in [0.717, 1.165) is 19.4 Å². The van der Waals surface area contributed by atoms with E-state index in [4.69, 9.17) is 0 Å². The quantitative estimate of drug-likeness (QED) is 0.617. The third-order valence-corrected chi connectivity index (χ3v) is 5.20. The zero-order valence-corrected chi connectivity index (χ0v) is 11.0. The van der Waals surface area contributed by atoms with Crippen molar-refractivity contribution in [1.82, 2.24) is 9.80 Å². The van der Waals surface area contributed by atoms with Crippen molar-refractivity contribution in [2.75, 3.05) is 13.6 Å². The number of fused-ring (bicyclic) bond motifs is 3. The summed E-state index contributed by atoms with van der Waals surface area (Å²) in [4.78, 5) is 39.9. The zero-order chi connectivity index (χ0) is 13.2. The predicted molar refractivity (Wildman–Crippen MR) is 63.6 cm³/mol. The van der Waals surface area contributed by atoms with Gasteiger partial charge in [-0.1, -0.05) is 0 Å². The first-order valence-corrected chi connectivity index (χ1v) is 6.50. The van der Waals surface area contributed by atoms with Gasteiger partial charge in [-0.15, -0.1) is 0 Å². The topological polar surface area (TPSA) is 57.7 Å². The summed E-state index contributed by atoms with van der Waals surface area (Å²) in [5.74, 6) is -1.07. The molecule has 3 fully saturated rings. The van der Waals surface area contributed by atoms with Gasteiger partial charge in [-0.3, -0.25) is 24.2 Å². The lowest BCUT2D eigenvalue weighted by atomic mass is 9.78. The highest BCUT2D eigenvalue weighted by Crippen LogP contribution is 2.52. The third kappa shape index (κ3) is 1.09. The molecule has 3 rings (SSSR count). The highest BCUT2D eigenvalue weighted by atomic mass is 16.2. The molecule has 0 aromatic carbocycles. The Bertz CT molecular complexity index is 461. The molecule has 0 bridgehead atoms. The molecule has 0 spiro atoms. The molecule has 0 radical (unpaired) electrons. The normalized spacial score (nSPS) is 43.5. The van der Waals surface area contributed by atoms with Crippen LogP contribution in [0.15, 0.2) is 0 Å². The molecule has 3 heterocycles. The Kier molecular flexibility index (Phi) is 2.24. The first kappa shape index (κ1) is 11.8. The molecule has 0 aromatic rings. The second kappa shape index (κ2) is 3.41. The molecule has 5 heteroatoms. The molecular weight excluding hydrogens is 232 g/mol. The van der Waals surface area contributed by atoms with Crippen LogP contribution in [0.1, 0.15) is 26.7 Å². The number of likely N-dealkylation sites (tertiary alicyclic amines) is 1. The van der Waals surface area contributed by atoms with Gasteiger partial charge in [-0.2, -0.15) is 0 Å². The largest absolute Gasteiger partial charge is 0.298 e. The number of hydrogen-bond donors (Lipinski definition) is 0. The number of nitrogens with zero attached hydrogens (tertiary/aromatic N) is 2. The second-order valence-electron chi connectivity index (χ2n) is 5.85. The standard InChI is InChI=1S/C13H18N2O3/c1-7(16)13(2)10-9(8-5-4-6-15(8)13)11(17)14(3)12(10)18/h8-10H,4-6H2,1-3H3/t8-,9+,10-,13-/m0/s1. The maximum Gasteiger partial charge on any atom is 0.235 e. The first-order valence-electron chi connectivity index (χ1n) is 6.50. The number of amides is 2. The minimum absolute atomic E-state index is 0.00153. The average molecular weight is 250 g/mol. The van der Waals surface area contributed by atoms with Gasteiger partial charge in [0.15, 0.2) is 5.78 Å². The van der Waals surface area contributed by atoms with Crippen LogP contribution in [0.25, 0.3) is 0 Å². The Labute approximate surface area is 106 Å². The second-order valence-corrected chi connectivity index (χ2v) is 5.85. The fraction of sp³-hybridized carbons (Fsp3) is 0.769. The number of carbonyl (C=O) groups is 3. The summed E-state index contributed by atoms with van der Waals surface area (Å²) in [5.41, 5.74) is -0.788. The summed E-state index contributed by atoms with van der Waals surface area (Å²) < 4.78 is 0. The Balaban J connectivity index is 2.14. The minimum atomic E-state index is -0.788. The number of Topliss-reactive ketones (excluding diaryl/α,β-unsaturated/α-hetero) is 1. The van der Waals surface area contributed by atoms with E-state index >= 15 is 0 Å². The number of hydrogen-bond acceptors (Lipinski definition) is 4. The van der Waals surface area contributed by atoms with Gasteiger partial charge >= 0.3 is 0 Å². The molecule has 98 valence electrons. The highest BCUT2D eigenvalue weighted by Gasteiger charge is 2.68. The summed E-state index contributed by atoms with van der Waals surface area (Å²) >= 11 is 0. The van der Waals surface area contributed by atoms with Crippen LogP contribution in [0.4, 0.5) is 0 Å². The SMILES string of the molecule is CC(=O)[C@@]1(C)[C@@H]2C(=O)N(C)C(=O)[C@@H]2[C@@H]2CCCN21. The lowest BCUT2D eigenvalue weighted by molar-refractivity contribution is -0.143. The van der Waals surface area contributed by atoms with Gasteiger partial charge in [0, 0.05) is 13.1 Å². The predicted octanol–water partition coefficient (Wildman–Crippen LogP) is 0.0431. The molecule has 4 atom stereocenters. The maximum atomic E-state index is 12.3. The Morgan fingerprint density at radius 1 is 1.33 bits per heavy atom. The monoisotopic (exact) mass is 250 g/mol. The molecular formula is C13H18N2O3. The van der Waals surface area contributed by atoms with Gasteiger partial charge in [-0.05, 0) is 33.2 Å². The van der Waals surface area contributed by atoms with Crippen molar-refractivity contribution in [3.63, 3.8) is 0 Å². The summed E-state index contributed by atoms with van der Waals surface area (Å²) in [7, 11) is 1.53. The summed E-state index contributed by atoms with van der Waals surface area (Å²) in [6.45, 7) is 4.19. The van der Waals surface area contributed by atoms with Crippen LogP contribution in [0.5, 0.6) is 0 Å². The van der Waals surface area contributed by atoms with Crippen LogP contribution in [-0.4, -0.2) is 52.6 Å². The van der Waals surface area contributed by atoms with Crippen LogP contribution >= 0.6 is 0 Å². The molecule has 3 aliphatic rings. The van der Waals surface area contributed by atoms with Crippen molar-refractivity contribution in [1.29, 1.82) is 0 Å². The molecule has 3 saturated heterocycles. The van der Waals surface area contributed by atoms with Gasteiger partial charge in [0.25, 0.3) is 0 Å². The number of imide groups is 1. The Morgan fingerprint density at radius 3 is 2.61 bits per heavy atom. The number of carbonyl (C=O) groups excluding carboxylic acids is 3. The summed E-state index contributed by atoms with van der Waals surface area (Å²) in [6.07, 6.45) is 1.92. The van der Waals surface area contributed by atoms with Crippen LogP contribution < -0.4 is 0 Å². The molecule has 3 aliphatic heterocycles. The molecule has 5 nitrogen and oxygen atoms in total. The fourth-order valence-electron chi connectivity index (χ4n) is 4.16. The van der Waals surface area contributed by atoms with Crippen molar-refractivity contribution in [2.24, 2.45) is 11.8 Å². The van der Waals surface area contributed by atoms with Gasteiger partial charge in [-0.25, -0.2) is 0 Å². The molecule has 0 unspecified atom stereocenters. The molecule has 0 aliphatic carbocycles. The molecule has 0 aromatic heterocycles. The zero-order valence-electron chi connectivity index (χ0n) is 11.0. The van der Waals surface area contributed by atoms with E-state index in [1.807, 2.05) is 6.92 Å². The van der Waals surface area contributed by atoms with E-state index in [1.165, 1.54) is 18.9 Å². The van der Waals surface area contributed by atoms with E-state index in [9.17, 15) is 14.4 Å². The smallest absolute Gasteiger partial charge is 0.235 e. The first-order chi connectivity index (χ1) is 8.40. The fourth-order valence-corrected chi connectivity index (χ4v) is 4.16. The van der Waals surface area contributed by atoms with Gasteiger partial charge in [0.05, 0.1) is 17.4 Å². The lowest BCUT2D eigenvalue weighted by Crippen LogP contribution is -2.54. The van der Waals surface area contributed by atoms with Crippen LogP contribution in [0.3, 0.4) is 0 Å². The van der Waals surface area contributed by atoms with Crippen molar-refractivity contribution in [3.8, 4) is 0 Å². The van der Waals surface area contributed by atoms with Crippen molar-refractivity contribution >= 4 is 17.6 Å². The molecule has 0 N–H and O–H groups in total.